The van der Waals surface area contributed by atoms with Crippen LogP contribution in [-0.2, 0) is 0 Å². The van der Waals surface area contributed by atoms with E-state index >= 15 is 0 Å². The van der Waals surface area contributed by atoms with E-state index in [-0.39, 0.29) is 11.6 Å². The molecule has 1 heterocycles. The largest absolute Gasteiger partial charge is 0.380 e. The van der Waals surface area contributed by atoms with E-state index in [4.69, 9.17) is 10.3 Å². The number of hydrogen-bond acceptors (Lipinski definition) is 3. The quantitative estimate of drug-likeness (QED) is 0.752. The molecule has 3 nitrogen and oxygen atoms in total. The lowest BCUT2D eigenvalue weighted by molar-refractivity contribution is 0.433. The van der Waals surface area contributed by atoms with E-state index in [2.05, 4.69) is 21.1 Å². The minimum absolute atomic E-state index is 0.241. The molecule has 0 aliphatic carbocycles. The van der Waals surface area contributed by atoms with Crippen molar-refractivity contribution in [3.63, 3.8) is 0 Å². The van der Waals surface area contributed by atoms with Gasteiger partial charge in [0.15, 0.2) is 11.6 Å². The number of nitrogen functional groups attached to an aromatic ring is 1. The summed E-state index contributed by atoms with van der Waals surface area (Å²) in [5, 5.41) is 3.76. The summed E-state index contributed by atoms with van der Waals surface area (Å²) in [5.74, 6) is 0.180. The second kappa shape index (κ2) is 5.09. The minimum atomic E-state index is -0.387. The fourth-order valence-electron chi connectivity index (χ4n) is 2.04. The first-order valence-corrected chi connectivity index (χ1v) is 6.72. The molecule has 0 radical (unpaired) electrons. The van der Waals surface area contributed by atoms with Crippen molar-refractivity contribution in [1.29, 1.82) is 0 Å². The SMILES string of the molecule is Nc1noc(-c2cc(Br)ccc2F)c1-c1ccccc1. The van der Waals surface area contributed by atoms with E-state index in [9.17, 15) is 4.39 Å². The number of nitrogens with zero attached hydrogens (tertiary/aromatic N) is 1. The molecule has 0 saturated heterocycles. The summed E-state index contributed by atoms with van der Waals surface area (Å²) in [7, 11) is 0. The third-order valence-corrected chi connectivity index (χ3v) is 3.45. The lowest BCUT2D eigenvalue weighted by Crippen LogP contribution is -1.90. The number of rotatable bonds is 2. The number of halogens is 2. The summed E-state index contributed by atoms with van der Waals surface area (Å²) >= 11 is 3.32. The van der Waals surface area contributed by atoms with Crippen LogP contribution >= 0.6 is 15.9 Å². The van der Waals surface area contributed by atoms with Gasteiger partial charge < -0.3 is 10.3 Å². The molecule has 100 valence electrons. The number of hydrogen-bond donors (Lipinski definition) is 1. The number of nitrogens with two attached hydrogens (primary N) is 1. The van der Waals surface area contributed by atoms with Crippen LogP contribution in [0.4, 0.5) is 10.2 Å². The van der Waals surface area contributed by atoms with Gasteiger partial charge in [-0.1, -0.05) is 51.4 Å². The lowest BCUT2D eigenvalue weighted by atomic mass is 10.0. The highest BCUT2D eigenvalue weighted by Gasteiger charge is 2.20. The molecule has 0 bridgehead atoms. The molecule has 0 atom stereocenters. The van der Waals surface area contributed by atoms with Gasteiger partial charge in [0.05, 0.1) is 11.1 Å². The van der Waals surface area contributed by atoms with Gasteiger partial charge in [0, 0.05) is 4.47 Å². The first kappa shape index (κ1) is 12.9. The third-order valence-electron chi connectivity index (χ3n) is 2.95. The monoisotopic (exact) mass is 332 g/mol. The van der Waals surface area contributed by atoms with E-state index in [1.54, 1.807) is 12.1 Å². The number of anilines is 1. The van der Waals surface area contributed by atoms with Crippen molar-refractivity contribution in [3.8, 4) is 22.5 Å². The molecule has 0 aliphatic heterocycles. The van der Waals surface area contributed by atoms with Crippen molar-refractivity contribution in [2.45, 2.75) is 0 Å². The zero-order chi connectivity index (χ0) is 14.1. The predicted octanol–water partition coefficient (Wildman–Crippen LogP) is 4.49. The van der Waals surface area contributed by atoms with Crippen LogP contribution < -0.4 is 5.73 Å². The summed E-state index contributed by atoms with van der Waals surface area (Å²) in [4.78, 5) is 0. The van der Waals surface area contributed by atoms with Gasteiger partial charge in [0.1, 0.15) is 5.82 Å². The smallest absolute Gasteiger partial charge is 0.179 e. The maximum absolute atomic E-state index is 14.0. The Morgan fingerprint density at radius 1 is 1.10 bits per heavy atom. The highest BCUT2D eigenvalue weighted by atomic mass is 79.9. The van der Waals surface area contributed by atoms with Crippen molar-refractivity contribution < 1.29 is 8.91 Å². The molecule has 0 fully saturated rings. The summed E-state index contributed by atoms with van der Waals surface area (Å²) in [6.07, 6.45) is 0. The van der Waals surface area contributed by atoms with Gasteiger partial charge in [0.2, 0.25) is 0 Å². The van der Waals surface area contributed by atoms with Crippen molar-refractivity contribution in [1.82, 2.24) is 5.16 Å². The van der Waals surface area contributed by atoms with E-state index in [1.807, 2.05) is 30.3 Å². The van der Waals surface area contributed by atoms with E-state index in [1.165, 1.54) is 6.07 Å². The molecular formula is C15H10BrFN2O. The Kier molecular flexibility index (Phi) is 3.28. The minimum Gasteiger partial charge on any atom is -0.380 e. The van der Waals surface area contributed by atoms with Crippen LogP contribution in [0.3, 0.4) is 0 Å². The van der Waals surface area contributed by atoms with Gasteiger partial charge >= 0.3 is 0 Å². The van der Waals surface area contributed by atoms with Crippen molar-refractivity contribution in [2.75, 3.05) is 5.73 Å². The van der Waals surface area contributed by atoms with Crippen LogP contribution in [0.5, 0.6) is 0 Å². The van der Waals surface area contributed by atoms with Crippen molar-refractivity contribution in [2.24, 2.45) is 0 Å². The molecule has 3 aromatic rings. The molecule has 5 heteroatoms. The molecule has 0 unspecified atom stereocenters. The maximum Gasteiger partial charge on any atom is 0.179 e. The fraction of sp³-hybridized carbons (Fsp3) is 0. The second-order valence-electron chi connectivity index (χ2n) is 4.26. The zero-order valence-corrected chi connectivity index (χ0v) is 11.9. The molecule has 2 N–H and O–H groups in total. The van der Waals surface area contributed by atoms with Crippen LogP contribution in [0.15, 0.2) is 57.5 Å². The predicted molar refractivity (Wildman–Crippen MR) is 79.4 cm³/mol. The highest BCUT2D eigenvalue weighted by Crippen LogP contribution is 2.38. The molecular weight excluding hydrogens is 323 g/mol. The Bertz CT molecular complexity index is 756. The summed E-state index contributed by atoms with van der Waals surface area (Å²) in [6, 6.07) is 14.0. The standard InChI is InChI=1S/C15H10BrFN2O/c16-10-6-7-12(17)11(8-10)14-13(15(18)19-20-14)9-4-2-1-3-5-9/h1-8H,(H2,18,19). The summed E-state index contributed by atoms with van der Waals surface area (Å²) in [6.45, 7) is 0. The van der Waals surface area contributed by atoms with Gasteiger partial charge in [-0.05, 0) is 23.8 Å². The third kappa shape index (κ3) is 2.20. The van der Waals surface area contributed by atoms with E-state index in [0.717, 1.165) is 10.0 Å². The van der Waals surface area contributed by atoms with Gasteiger partial charge in [-0.2, -0.15) is 0 Å². The normalized spacial score (nSPS) is 10.7. The molecule has 1 aromatic heterocycles. The second-order valence-corrected chi connectivity index (χ2v) is 5.18. The van der Waals surface area contributed by atoms with Crippen molar-refractivity contribution >= 4 is 21.7 Å². The first-order valence-electron chi connectivity index (χ1n) is 5.93. The van der Waals surface area contributed by atoms with Crippen molar-refractivity contribution in [3.05, 3.63) is 58.8 Å². The highest BCUT2D eigenvalue weighted by molar-refractivity contribution is 9.10. The summed E-state index contributed by atoms with van der Waals surface area (Å²) in [5.41, 5.74) is 7.62. The fourth-order valence-corrected chi connectivity index (χ4v) is 2.40. The van der Waals surface area contributed by atoms with Crippen LogP contribution in [0.1, 0.15) is 0 Å². The average Bonchev–Trinajstić information content (AvgIpc) is 2.84. The molecule has 2 aromatic carbocycles. The molecule has 0 amide bonds. The molecule has 0 aliphatic rings. The molecule has 0 saturated carbocycles. The number of aromatic nitrogens is 1. The van der Waals surface area contributed by atoms with Gasteiger partial charge in [-0.15, -0.1) is 0 Å². The Morgan fingerprint density at radius 3 is 2.60 bits per heavy atom. The topological polar surface area (TPSA) is 52.0 Å². The Labute approximate surface area is 123 Å². The first-order chi connectivity index (χ1) is 9.66. The summed E-state index contributed by atoms with van der Waals surface area (Å²) < 4.78 is 20.0. The van der Waals surface area contributed by atoms with E-state index < -0.39 is 0 Å². The molecule has 20 heavy (non-hydrogen) atoms. The molecule has 3 rings (SSSR count). The Balaban J connectivity index is 2.24. The Morgan fingerprint density at radius 2 is 1.85 bits per heavy atom. The Hall–Kier alpha value is -2.14. The van der Waals surface area contributed by atoms with Crippen LogP contribution in [-0.4, -0.2) is 5.16 Å². The van der Waals surface area contributed by atoms with Crippen LogP contribution in [0.25, 0.3) is 22.5 Å². The van der Waals surface area contributed by atoms with Gasteiger partial charge in [-0.25, -0.2) is 4.39 Å². The van der Waals surface area contributed by atoms with E-state index in [0.29, 0.717) is 16.9 Å². The van der Waals surface area contributed by atoms with Gasteiger partial charge in [-0.3, -0.25) is 0 Å². The lowest BCUT2D eigenvalue weighted by Gasteiger charge is -2.04. The number of benzene rings is 2. The zero-order valence-electron chi connectivity index (χ0n) is 10.3. The average molecular weight is 333 g/mol. The van der Waals surface area contributed by atoms with Crippen LogP contribution in [0.2, 0.25) is 0 Å². The van der Waals surface area contributed by atoms with Gasteiger partial charge in [0.25, 0.3) is 0 Å². The van der Waals surface area contributed by atoms with Crippen LogP contribution in [0, 0.1) is 5.82 Å². The maximum atomic E-state index is 14.0. The molecule has 0 spiro atoms.